The molecule has 2 aromatic carbocycles. The maximum absolute atomic E-state index is 12.0. The van der Waals surface area contributed by atoms with Crippen molar-refractivity contribution in [2.75, 3.05) is 6.61 Å². The second kappa shape index (κ2) is 7.48. The zero-order chi connectivity index (χ0) is 18.7. The van der Waals surface area contributed by atoms with E-state index in [2.05, 4.69) is 9.97 Å². The lowest BCUT2D eigenvalue weighted by Gasteiger charge is -2.06. The summed E-state index contributed by atoms with van der Waals surface area (Å²) in [4.78, 5) is 19.2. The van der Waals surface area contributed by atoms with Crippen molar-refractivity contribution < 1.29 is 14.6 Å². The molecule has 0 aliphatic heterocycles. The maximum Gasteiger partial charge on any atom is 0.338 e. The van der Waals surface area contributed by atoms with Crippen LogP contribution in [0.2, 0.25) is 10.0 Å². The number of carbonyl (C=O) groups excluding carboxylic acids is 1. The van der Waals surface area contributed by atoms with Gasteiger partial charge in [0.25, 0.3) is 0 Å². The van der Waals surface area contributed by atoms with Gasteiger partial charge in [-0.15, -0.1) is 0 Å². The molecule has 130 valence electrons. The number of para-hydroxylation sites is 2. The summed E-state index contributed by atoms with van der Waals surface area (Å²) in [6.07, 6.45) is 0. The van der Waals surface area contributed by atoms with Crippen LogP contribution in [-0.4, -0.2) is 27.7 Å². The largest absolute Gasteiger partial charge is 0.507 e. The Morgan fingerprint density at radius 1 is 1.23 bits per heavy atom. The molecule has 6 nitrogen and oxygen atoms in total. The van der Waals surface area contributed by atoms with E-state index in [1.54, 1.807) is 12.1 Å². The zero-order valence-electron chi connectivity index (χ0n) is 13.2. The topological polar surface area (TPSA) is 99.0 Å². The maximum atomic E-state index is 12.0. The van der Waals surface area contributed by atoms with Crippen LogP contribution in [0.25, 0.3) is 16.6 Å². The molecule has 3 rings (SSSR count). The average molecular weight is 388 g/mol. The standard InChI is InChI=1S/C18H11Cl2N3O3/c19-12-6-5-10(7-13(12)20)18(25)26-9-16(24)11(8-21)17-22-14-3-1-2-4-15(14)23-17/h1-7,24H,9H2,(H,22,23)/b16-11-. The molecule has 1 heterocycles. The minimum absolute atomic E-state index is 0.108. The number of halogens is 2. The Labute approximate surface area is 158 Å². The lowest BCUT2D eigenvalue weighted by molar-refractivity contribution is 0.0503. The fourth-order valence-corrected chi connectivity index (χ4v) is 2.54. The van der Waals surface area contributed by atoms with Crippen LogP contribution in [0.1, 0.15) is 16.2 Å². The first-order valence-electron chi connectivity index (χ1n) is 7.39. The smallest absolute Gasteiger partial charge is 0.338 e. The van der Waals surface area contributed by atoms with Crippen molar-refractivity contribution in [3.63, 3.8) is 0 Å². The molecular formula is C18H11Cl2N3O3. The number of aromatic nitrogens is 2. The first-order chi connectivity index (χ1) is 12.5. The van der Waals surface area contributed by atoms with Gasteiger partial charge >= 0.3 is 5.97 Å². The molecule has 0 bridgehead atoms. The summed E-state index contributed by atoms with van der Waals surface area (Å²) in [6.45, 7) is -0.487. The number of aliphatic hydroxyl groups excluding tert-OH is 1. The molecule has 0 fully saturated rings. The van der Waals surface area contributed by atoms with Crippen molar-refractivity contribution in [3.8, 4) is 6.07 Å². The summed E-state index contributed by atoms with van der Waals surface area (Å²) in [5.74, 6) is -0.936. The molecule has 26 heavy (non-hydrogen) atoms. The molecule has 0 aliphatic carbocycles. The van der Waals surface area contributed by atoms with Crippen LogP contribution < -0.4 is 0 Å². The van der Waals surface area contributed by atoms with E-state index in [0.29, 0.717) is 10.5 Å². The highest BCUT2D eigenvalue weighted by atomic mass is 35.5. The number of imidazole rings is 1. The third-order valence-electron chi connectivity index (χ3n) is 3.52. The van der Waals surface area contributed by atoms with Gasteiger partial charge in [-0.05, 0) is 30.3 Å². The Bertz CT molecular complexity index is 1030. The van der Waals surface area contributed by atoms with Crippen LogP contribution in [0.15, 0.2) is 48.2 Å². The van der Waals surface area contributed by atoms with E-state index in [9.17, 15) is 15.2 Å². The van der Waals surface area contributed by atoms with Crippen LogP contribution in [0, 0.1) is 11.3 Å². The summed E-state index contributed by atoms with van der Waals surface area (Å²) in [5.41, 5.74) is 1.43. The number of hydrogen-bond acceptors (Lipinski definition) is 5. The third kappa shape index (κ3) is 3.64. The van der Waals surface area contributed by atoms with E-state index >= 15 is 0 Å². The first-order valence-corrected chi connectivity index (χ1v) is 8.14. The predicted octanol–water partition coefficient (Wildman–Crippen LogP) is 4.52. The fraction of sp³-hybridized carbons (Fsp3) is 0.0556. The van der Waals surface area contributed by atoms with Gasteiger partial charge in [-0.3, -0.25) is 0 Å². The molecule has 0 aliphatic rings. The summed E-state index contributed by atoms with van der Waals surface area (Å²) in [5, 5.41) is 20.0. The van der Waals surface area contributed by atoms with E-state index in [1.807, 2.05) is 18.2 Å². The molecule has 0 radical (unpaired) electrons. The number of hydrogen-bond donors (Lipinski definition) is 2. The normalized spacial score (nSPS) is 11.7. The number of nitrogens with one attached hydrogen (secondary N) is 1. The molecule has 1 aromatic heterocycles. The first kappa shape index (κ1) is 17.8. The van der Waals surface area contributed by atoms with Crippen molar-refractivity contribution in [2.45, 2.75) is 0 Å². The Hall–Kier alpha value is -3.01. The van der Waals surface area contributed by atoms with Crippen LogP contribution in [0.4, 0.5) is 0 Å². The van der Waals surface area contributed by atoms with E-state index in [4.69, 9.17) is 27.9 Å². The van der Waals surface area contributed by atoms with Crippen molar-refractivity contribution in [3.05, 3.63) is 69.7 Å². The molecule has 0 saturated carbocycles. The molecule has 0 spiro atoms. The van der Waals surface area contributed by atoms with Gasteiger partial charge in [0.05, 0.1) is 26.6 Å². The minimum Gasteiger partial charge on any atom is -0.507 e. The molecule has 0 saturated heterocycles. The van der Waals surface area contributed by atoms with Gasteiger partial charge in [0.2, 0.25) is 0 Å². The Balaban J connectivity index is 1.79. The van der Waals surface area contributed by atoms with Crippen LogP contribution in [-0.2, 0) is 4.74 Å². The average Bonchev–Trinajstić information content (AvgIpc) is 3.06. The number of aromatic amines is 1. The number of nitrogens with zero attached hydrogens (tertiary/aromatic N) is 2. The number of carbonyl (C=O) groups is 1. The van der Waals surface area contributed by atoms with Gasteiger partial charge < -0.3 is 14.8 Å². The fourth-order valence-electron chi connectivity index (χ4n) is 2.24. The van der Waals surface area contributed by atoms with Gasteiger partial charge in [0.15, 0.2) is 11.6 Å². The second-order valence-electron chi connectivity index (χ2n) is 5.24. The number of nitriles is 1. The number of allylic oxidation sites excluding steroid dienone is 1. The molecule has 0 atom stereocenters. The molecule has 0 unspecified atom stereocenters. The minimum atomic E-state index is -0.711. The van der Waals surface area contributed by atoms with Crippen molar-refractivity contribution in [1.82, 2.24) is 9.97 Å². The quantitative estimate of drug-likeness (QED) is 0.389. The molecule has 2 N–H and O–H groups in total. The predicted molar refractivity (Wildman–Crippen MR) is 98.0 cm³/mol. The summed E-state index contributed by atoms with van der Waals surface area (Å²) >= 11 is 11.7. The second-order valence-corrected chi connectivity index (χ2v) is 6.06. The number of esters is 1. The number of rotatable bonds is 4. The lowest BCUT2D eigenvalue weighted by Crippen LogP contribution is -2.09. The highest BCUT2D eigenvalue weighted by molar-refractivity contribution is 6.42. The molecule has 3 aromatic rings. The van der Waals surface area contributed by atoms with Crippen molar-refractivity contribution in [2.24, 2.45) is 0 Å². The van der Waals surface area contributed by atoms with E-state index in [0.717, 1.165) is 5.52 Å². The number of benzene rings is 2. The van der Waals surface area contributed by atoms with Gasteiger partial charge in [0.1, 0.15) is 18.2 Å². The number of aliphatic hydroxyl groups is 1. The zero-order valence-corrected chi connectivity index (χ0v) is 14.7. The number of ether oxygens (including phenoxy) is 1. The van der Waals surface area contributed by atoms with E-state index in [-0.39, 0.29) is 22.0 Å². The highest BCUT2D eigenvalue weighted by Gasteiger charge is 2.16. The SMILES string of the molecule is N#C/C(=C(/O)COC(=O)c1ccc(Cl)c(Cl)c1)c1nc2ccccc2[nH]1. The summed E-state index contributed by atoms with van der Waals surface area (Å²) in [7, 11) is 0. The monoisotopic (exact) mass is 387 g/mol. The van der Waals surface area contributed by atoms with Crippen molar-refractivity contribution >= 4 is 45.8 Å². The molecule has 0 amide bonds. The van der Waals surface area contributed by atoms with E-state index in [1.165, 1.54) is 18.2 Å². The van der Waals surface area contributed by atoms with Crippen LogP contribution in [0.3, 0.4) is 0 Å². The Morgan fingerprint density at radius 2 is 2.00 bits per heavy atom. The van der Waals surface area contributed by atoms with Crippen molar-refractivity contribution in [1.29, 1.82) is 5.26 Å². The van der Waals surface area contributed by atoms with Crippen LogP contribution in [0.5, 0.6) is 0 Å². The van der Waals surface area contributed by atoms with Crippen LogP contribution >= 0.6 is 23.2 Å². The number of fused-ring (bicyclic) bond motifs is 1. The highest BCUT2D eigenvalue weighted by Crippen LogP contribution is 2.23. The van der Waals surface area contributed by atoms with Gasteiger partial charge in [0, 0.05) is 0 Å². The summed E-state index contributed by atoms with van der Waals surface area (Å²) < 4.78 is 5.02. The Morgan fingerprint density at radius 3 is 2.69 bits per heavy atom. The molecule has 8 heteroatoms. The Kier molecular flexibility index (Phi) is 5.12. The van der Waals surface area contributed by atoms with E-state index < -0.39 is 18.3 Å². The summed E-state index contributed by atoms with van der Waals surface area (Å²) in [6, 6.07) is 13.3. The van der Waals surface area contributed by atoms with Gasteiger partial charge in [-0.25, -0.2) is 9.78 Å². The van der Waals surface area contributed by atoms with Gasteiger partial charge in [-0.1, -0.05) is 35.3 Å². The van der Waals surface area contributed by atoms with Gasteiger partial charge in [-0.2, -0.15) is 5.26 Å². The third-order valence-corrected chi connectivity index (χ3v) is 4.26. The number of H-pyrrole nitrogens is 1. The molecular weight excluding hydrogens is 377 g/mol. The lowest BCUT2D eigenvalue weighted by atomic mass is 10.2.